The zero-order chi connectivity index (χ0) is 17.8. The van der Waals surface area contributed by atoms with Gasteiger partial charge in [0.25, 0.3) is 0 Å². The Balaban J connectivity index is 1.78. The summed E-state index contributed by atoms with van der Waals surface area (Å²) in [6, 6.07) is 7.01. The van der Waals surface area contributed by atoms with Crippen LogP contribution in [0, 0.1) is 18.3 Å². The van der Waals surface area contributed by atoms with Crippen molar-refractivity contribution in [3.8, 4) is 0 Å². The lowest BCUT2D eigenvalue weighted by molar-refractivity contribution is -0.149. The molecule has 1 aliphatic carbocycles. The number of rotatable bonds is 3. The maximum atomic E-state index is 13.2. The summed E-state index contributed by atoms with van der Waals surface area (Å²) in [6.07, 6.45) is 3.82. The molecule has 0 radical (unpaired) electrons. The number of fused-ring (bicyclic) bond motifs is 2. The zero-order valence-corrected chi connectivity index (χ0v) is 14.8. The molecule has 6 nitrogen and oxygen atoms in total. The van der Waals surface area contributed by atoms with Gasteiger partial charge in [-0.1, -0.05) is 18.6 Å². The van der Waals surface area contributed by atoms with E-state index in [1.165, 1.54) is 4.31 Å². The first-order chi connectivity index (χ1) is 11.8. The number of nitrogens with zero attached hydrogens (tertiary/aromatic N) is 2. The summed E-state index contributed by atoms with van der Waals surface area (Å²) in [7, 11) is -3.78. The van der Waals surface area contributed by atoms with Crippen LogP contribution in [0.4, 0.5) is 0 Å². The highest BCUT2D eigenvalue weighted by Gasteiger charge is 2.57. The normalized spacial score (nSPS) is 26.8. The second kappa shape index (κ2) is 5.51. The number of aryl methyl sites for hydroxylation is 1. The third-order valence-corrected chi connectivity index (χ3v) is 7.54. The van der Waals surface area contributed by atoms with Crippen LogP contribution in [0.3, 0.4) is 0 Å². The van der Waals surface area contributed by atoms with Crippen LogP contribution >= 0.6 is 0 Å². The minimum absolute atomic E-state index is 0.0532. The molecule has 0 bridgehead atoms. The van der Waals surface area contributed by atoms with E-state index in [1.807, 2.05) is 19.1 Å². The first-order valence-electron chi connectivity index (χ1n) is 8.43. The van der Waals surface area contributed by atoms with Gasteiger partial charge in [0.05, 0.1) is 10.9 Å². The van der Waals surface area contributed by atoms with E-state index in [1.54, 1.807) is 18.3 Å². The molecule has 1 aromatic heterocycles. The van der Waals surface area contributed by atoms with E-state index in [-0.39, 0.29) is 23.9 Å². The molecule has 1 saturated carbocycles. The molecule has 2 heterocycles. The van der Waals surface area contributed by atoms with Crippen molar-refractivity contribution in [3.63, 3.8) is 0 Å². The second-order valence-corrected chi connectivity index (χ2v) is 9.09. The van der Waals surface area contributed by atoms with Crippen molar-refractivity contribution in [1.29, 1.82) is 0 Å². The first kappa shape index (κ1) is 16.5. The smallest absolute Gasteiger partial charge is 0.311 e. The summed E-state index contributed by atoms with van der Waals surface area (Å²) in [5, 5.41) is 10.5. The molecule has 1 N–H and O–H groups in total. The second-order valence-electron chi connectivity index (χ2n) is 7.19. The molecule has 0 spiro atoms. The van der Waals surface area contributed by atoms with Crippen LogP contribution in [0.2, 0.25) is 0 Å². The Morgan fingerprint density at radius 3 is 2.92 bits per heavy atom. The molecule has 1 saturated heterocycles. The van der Waals surface area contributed by atoms with E-state index in [4.69, 9.17) is 0 Å². The van der Waals surface area contributed by atoms with Crippen molar-refractivity contribution in [2.24, 2.45) is 11.3 Å². The minimum atomic E-state index is -3.78. The van der Waals surface area contributed by atoms with Gasteiger partial charge in [-0.3, -0.25) is 9.78 Å². The van der Waals surface area contributed by atoms with Crippen molar-refractivity contribution in [2.45, 2.75) is 31.1 Å². The van der Waals surface area contributed by atoms with Gasteiger partial charge in [-0.25, -0.2) is 8.42 Å². The molecule has 4 rings (SSSR count). The number of carboxylic acids is 1. The van der Waals surface area contributed by atoms with E-state index in [9.17, 15) is 18.3 Å². The predicted octanol–water partition coefficient (Wildman–Crippen LogP) is 2.42. The van der Waals surface area contributed by atoms with Gasteiger partial charge in [0, 0.05) is 24.7 Å². The van der Waals surface area contributed by atoms with E-state index < -0.39 is 21.4 Å². The van der Waals surface area contributed by atoms with E-state index in [0.29, 0.717) is 11.9 Å². The molecule has 2 atom stereocenters. The van der Waals surface area contributed by atoms with Crippen LogP contribution in [0.5, 0.6) is 0 Å². The van der Waals surface area contributed by atoms with Crippen molar-refractivity contribution >= 4 is 26.9 Å². The van der Waals surface area contributed by atoms with Crippen molar-refractivity contribution < 1.29 is 18.3 Å². The first-order valence-corrected chi connectivity index (χ1v) is 9.87. The van der Waals surface area contributed by atoms with Crippen molar-refractivity contribution in [2.75, 3.05) is 13.1 Å². The average molecular weight is 360 g/mol. The molecule has 1 aliphatic heterocycles. The van der Waals surface area contributed by atoms with Crippen LogP contribution in [0.15, 0.2) is 35.4 Å². The van der Waals surface area contributed by atoms with Crippen LogP contribution in [0.25, 0.3) is 10.9 Å². The third kappa shape index (κ3) is 2.37. The lowest BCUT2D eigenvalue weighted by Crippen LogP contribution is -2.37. The zero-order valence-electron chi connectivity index (χ0n) is 14.0. The molecular formula is C18H20N2O4S. The standard InChI is InChI=1S/C18H20N2O4S/c1-12-8-13-4-2-6-15(16(13)19-9-12)25(23,24)20-10-14-5-3-7-18(14,11-20)17(21)22/h2,4,6,8-9,14H,3,5,7,10-11H2,1H3,(H,21,22)/t14-,18+/m0/s1. The van der Waals surface area contributed by atoms with E-state index in [0.717, 1.165) is 23.8 Å². The number of carboxylic acid groups (broad SMARTS) is 1. The lowest BCUT2D eigenvalue weighted by Gasteiger charge is -2.23. The van der Waals surface area contributed by atoms with Crippen LogP contribution in [0.1, 0.15) is 24.8 Å². The molecule has 2 aromatic rings. The minimum Gasteiger partial charge on any atom is -0.481 e. The molecule has 0 amide bonds. The summed E-state index contributed by atoms with van der Waals surface area (Å²) in [5.74, 6) is -0.982. The van der Waals surface area contributed by atoms with Gasteiger partial charge in [-0.2, -0.15) is 4.31 Å². The number of carbonyl (C=O) groups is 1. The summed E-state index contributed by atoms with van der Waals surface area (Å²) in [4.78, 5) is 16.3. The number of benzene rings is 1. The number of pyridine rings is 1. The van der Waals surface area contributed by atoms with Gasteiger partial charge in [0.2, 0.25) is 10.0 Å². The lowest BCUT2D eigenvalue weighted by atomic mass is 9.81. The van der Waals surface area contributed by atoms with Crippen molar-refractivity contribution in [3.05, 3.63) is 36.0 Å². The highest BCUT2D eigenvalue weighted by molar-refractivity contribution is 7.89. The van der Waals surface area contributed by atoms with Crippen LogP contribution in [-0.2, 0) is 14.8 Å². The fraction of sp³-hybridized carbons (Fsp3) is 0.444. The molecule has 2 aliphatic rings. The topological polar surface area (TPSA) is 87.6 Å². The summed E-state index contributed by atoms with van der Waals surface area (Å²) in [6.45, 7) is 2.24. The Kier molecular flexibility index (Phi) is 3.63. The van der Waals surface area contributed by atoms with Gasteiger partial charge < -0.3 is 5.11 Å². The van der Waals surface area contributed by atoms with Gasteiger partial charge >= 0.3 is 5.97 Å². The summed E-state index contributed by atoms with van der Waals surface area (Å²) < 4.78 is 27.8. The maximum absolute atomic E-state index is 13.2. The Labute approximate surface area is 146 Å². The van der Waals surface area contributed by atoms with Crippen molar-refractivity contribution in [1.82, 2.24) is 9.29 Å². The van der Waals surface area contributed by atoms with Gasteiger partial charge in [0.1, 0.15) is 4.90 Å². The van der Waals surface area contributed by atoms with E-state index >= 15 is 0 Å². The molecule has 1 aromatic carbocycles. The molecule has 25 heavy (non-hydrogen) atoms. The number of sulfonamides is 1. The van der Waals surface area contributed by atoms with Gasteiger partial charge in [-0.05, 0) is 43.4 Å². The average Bonchev–Trinajstić information content (AvgIpc) is 3.12. The Morgan fingerprint density at radius 2 is 2.20 bits per heavy atom. The molecule has 0 unspecified atom stereocenters. The molecule has 2 fully saturated rings. The Bertz CT molecular complexity index is 972. The highest BCUT2D eigenvalue weighted by Crippen LogP contribution is 2.50. The summed E-state index contributed by atoms with van der Waals surface area (Å²) >= 11 is 0. The number of para-hydroxylation sites is 1. The van der Waals surface area contributed by atoms with Crippen LogP contribution in [-0.4, -0.2) is 41.9 Å². The SMILES string of the molecule is Cc1cnc2c(S(=O)(=O)N3C[C@@H]4CCC[C@@]4(C(=O)O)C3)cccc2c1. The quantitative estimate of drug-likeness (QED) is 0.908. The number of aromatic nitrogens is 1. The fourth-order valence-electron chi connectivity index (χ4n) is 4.37. The molecule has 132 valence electrons. The highest BCUT2D eigenvalue weighted by atomic mass is 32.2. The maximum Gasteiger partial charge on any atom is 0.311 e. The van der Waals surface area contributed by atoms with Crippen LogP contribution < -0.4 is 0 Å². The van der Waals surface area contributed by atoms with E-state index in [2.05, 4.69) is 4.98 Å². The largest absolute Gasteiger partial charge is 0.481 e. The molecular weight excluding hydrogens is 340 g/mol. The molecule has 7 heteroatoms. The summed E-state index contributed by atoms with van der Waals surface area (Å²) in [5.41, 5.74) is 0.471. The number of aliphatic carboxylic acids is 1. The fourth-order valence-corrected chi connectivity index (χ4v) is 6.09. The number of hydrogen-bond donors (Lipinski definition) is 1. The third-order valence-electron chi connectivity index (χ3n) is 5.69. The Morgan fingerprint density at radius 1 is 1.40 bits per heavy atom. The predicted molar refractivity (Wildman–Crippen MR) is 92.6 cm³/mol. The van der Waals surface area contributed by atoms with Gasteiger partial charge in [-0.15, -0.1) is 0 Å². The monoisotopic (exact) mass is 360 g/mol. The van der Waals surface area contributed by atoms with Gasteiger partial charge in [0.15, 0.2) is 0 Å². The Hall–Kier alpha value is -1.99. The number of hydrogen-bond acceptors (Lipinski definition) is 4.